The first-order valence-electron chi connectivity index (χ1n) is 12.5. The Balaban J connectivity index is -0.000000799. The van der Waals surface area contributed by atoms with Crippen molar-refractivity contribution in [2.24, 2.45) is 0 Å². The minimum atomic E-state index is -1.38. The molecule has 0 atom stereocenters. The first-order valence-corrected chi connectivity index (χ1v) is 12.5. The molecule has 0 aliphatic heterocycles. The fraction of sp³-hybridized carbons (Fsp3) is 0.800. The summed E-state index contributed by atoms with van der Waals surface area (Å²) in [6, 6.07) is 0. The summed E-state index contributed by atoms with van der Waals surface area (Å²) in [6.07, 6.45) is 18.5. The van der Waals surface area contributed by atoms with Crippen molar-refractivity contribution in [1.29, 1.82) is 0 Å². The van der Waals surface area contributed by atoms with Crippen molar-refractivity contribution in [3.05, 3.63) is 0 Å². The number of carbonyl (C=O) groups is 5. The molecule has 0 saturated heterocycles. The summed E-state index contributed by atoms with van der Waals surface area (Å²) in [5, 5.41) is 26.3. The van der Waals surface area contributed by atoms with Gasteiger partial charge in [0.25, 0.3) is 5.97 Å². The van der Waals surface area contributed by atoms with Crippen LogP contribution in [0.3, 0.4) is 0 Å². The second kappa shape index (κ2) is 28.6. The molecule has 0 rings (SSSR count). The molecule has 0 heterocycles. The van der Waals surface area contributed by atoms with Crippen LogP contribution in [0.4, 0.5) is 0 Å². The third-order valence-electron chi connectivity index (χ3n) is 4.72. The number of ketones is 1. The summed E-state index contributed by atoms with van der Waals surface area (Å²) < 4.78 is 0. The largest absolute Gasteiger partial charge is 0.481 e. The second-order valence-corrected chi connectivity index (χ2v) is 8.22. The van der Waals surface area contributed by atoms with E-state index in [0.29, 0.717) is 6.54 Å². The van der Waals surface area contributed by atoms with Gasteiger partial charge in [-0.25, -0.2) is 4.79 Å². The maximum absolute atomic E-state index is 11.3. The molecular weight excluding hydrogens is 442 g/mol. The predicted octanol–water partition coefficient (Wildman–Crippen LogP) is 5.20. The van der Waals surface area contributed by atoms with Gasteiger partial charge in [-0.2, -0.15) is 0 Å². The molecule has 1 amide bonds. The van der Waals surface area contributed by atoms with Gasteiger partial charge in [0.1, 0.15) is 0 Å². The average molecular weight is 490 g/mol. The zero-order valence-electron chi connectivity index (χ0n) is 21.4. The Hall–Kier alpha value is -2.45. The Morgan fingerprint density at radius 2 is 0.912 bits per heavy atom. The van der Waals surface area contributed by atoms with Crippen LogP contribution in [0, 0.1) is 0 Å². The first kappa shape index (κ1) is 36.1. The smallest absolute Gasteiger partial charge is 0.371 e. The number of rotatable bonds is 19. The standard InChI is InChI=1S/C20H39NO3.C3H4O3.C2H4O2/c1-2-3-4-5-6-7-8-9-10-11-12-13-14-15-18-21-19(22)16-17-20(23)24;1-2(4)3(5)6;1-2(3)4/h2-18H2,1H3,(H,21,22)(H,23,24);1H3,(H,5,6);1H3,(H,3,4). The molecule has 9 nitrogen and oxygen atoms in total. The molecule has 0 saturated carbocycles. The highest BCUT2D eigenvalue weighted by molar-refractivity contribution is 6.31. The summed E-state index contributed by atoms with van der Waals surface area (Å²) in [5.74, 6) is -4.10. The molecule has 200 valence electrons. The lowest BCUT2D eigenvalue weighted by atomic mass is 10.0. The Bertz CT molecular complexity index is 533. The minimum absolute atomic E-state index is 0.0788. The van der Waals surface area contributed by atoms with Crippen LogP contribution >= 0.6 is 0 Å². The number of nitrogens with one attached hydrogen (secondary N) is 1. The van der Waals surface area contributed by atoms with Crippen molar-refractivity contribution in [2.75, 3.05) is 6.54 Å². The number of carbonyl (C=O) groups excluding carboxylic acids is 2. The van der Waals surface area contributed by atoms with Gasteiger partial charge in [0.2, 0.25) is 11.7 Å². The molecule has 0 aliphatic carbocycles. The van der Waals surface area contributed by atoms with E-state index in [2.05, 4.69) is 12.2 Å². The number of aliphatic carboxylic acids is 3. The Morgan fingerprint density at radius 3 is 1.21 bits per heavy atom. The third kappa shape index (κ3) is 43.4. The molecule has 0 bridgehead atoms. The normalized spacial score (nSPS) is 9.62. The highest BCUT2D eigenvalue weighted by Gasteiger charge is 2.04. The summed E-state index contributed by atoms with van der Waals surface area (Å²) in [5.41, 5.74) is 0. The van der Waals surface area contributed by atoms with E-state index >= 15 is 0 Å². The lowest BCUT2D eigenvalue weighted by molar-refractivity contribution is -0.148. The van der Waals surface area contributed by atoms with Gasteiger partial charge >= 0.3 is 11.9 Å². The lowest BCUT2D eigenvalue weighted by Crippen LogP contribution is -2.24. The molecule has 0 aromatic heterocycles. The van der Waals surface area contributed by atoms with E-state index in [0.717, 1.165) is 26.7 Å². The van der Waals surface area contributed by atoms with Crippen molar-refractivity contribution < 1.29 is 39.3 Å². The van der Waals surface area contributed by atoms with Gasteiger partial charge in [0.15, 0.2) is 0 Å². The topological polar surface area (TPSA) is 158 Å². The van der Waals surface area contributed by atoms with Crippen LogP contribution in [0.25, 0.3) is 0 Å². The molecule has 4 N–H and O–H groups in total. The number of carboxylic acid groups (broad SMARTS) is 3. The van der Waals surface area contributed by atoms with E-state index in [-0.39, 0.29) is 18.7 Å². The van der Waals surface area contributed by atoms with Crippen LogP contribution in [0.2, 0.25) is 0 Å². The van der Waals surface area contributed by atoms with Crippen LogP contribution in [0.1, 0.15) is 124 Å². The number of Topliss-reactive ketones (excluding diaryl/α,β-unsaturated/α-hetero) is 1. The molecule has 0 fully saturated rings. The maximum Gasteiger partial charge on any atom is 0.371 e. The highest BCUT2D eigenvalue weighted by atomic mass is 16.4. The Kier molecular flexibility index (Phi) is 30.4. The number of amides is 1. The van der Waals surface area contributed by atoms with E-state index in [9.17, 15) is 19.2 Å². The maximum atomic E-state index is 11.3. The van der Waals surface area contributed by atoms with Crippen molar-refractivity contribution in [2.45, 2.75) is 124 Å². The van der Waals surface area contributed by atoms with Gasteiger partial charge < -0.3 is 20.6 Å². The molecule has 0 spiro atoms. The summed E-state index contributed by atoms with van der Waals surface area (Å²) in [7, 11) is 0. The van der Waals surface area contributed by atoms with Crippen LogP contribution < -0.4 is 5.32 Å². The monoisotopic (exact) mass is 489 g/mol. The van der Waals surface area contributed by atoms with E-state index in [1.165, 1.54) is 77.0 Å². The fourth-order valence-electron chi connectivity index (χ4n) is 2.86. The summed E-state index contributed by atoms with van der Waals surface area (Å²) >= 11 is 0. The van der Waals surface area contributed by atoms with Crippen LogP contribution in [-0.2, 0) is 24.0 Å². The molecule has 0 aromatic carbocycles. The van der Waals surface area contributed by atoms with Crippen molar-refractivity contribution in [3.63, 3.8) is 0 Å². The second-order valence-electron chi connectivity index (χ2n) is 8.22. The van der Waals surface area contributed by atoms with E-state index in [1.807, 2.05) is 0 Å². The highest BCUT2D eigenvalue weighted by Crippen LogP contribution is 2.12. The Morgan fingerprint density at radius 1 is 0.588 bits per heavy atom. The first-order chi connectivity index (χ1) is 16.0. The lowest BCUT2D eigenvalue weighted by Gasteiger charge is -2.05. The van der Waals surface area contributed by atoms with Crippen LogP contribution in [-0.4, -0.2) is 51.5 Å². The van der Waals surface area contributed by atoms with Crippen LogP contribution in [0.5, 0.6) is 0 Å². The van der Waals surface area contributed by atoms with Gasteiger partial charge in [-0.1, -0.05) is 90.4 Å². The molecule has 9 heteroatoms. The number of unbranched alkanes of at least 4 members (excludes halogenated alkanes) is 13. The number of carboxylic acids is 3. The quantitative estimate of drug-likeness (QED) is 0.142. The third-order valence-corrected chi connectivity index (χ3v) is 4.72. The zero-order chi connectivity index (χ0) is 26.6. The number of hydrogen-bond donors (Lipinski definition) is 4. The minimum Gasteiger partial charge on any atom is -0.481 e. The SMILES string of the molecule is CC(=O)C(=O)O.CC(=O)O.CCCCCCCCCCCCCCCCNC(=O)CCC(=O)O. The van der Waals surface area contributed by atoms with Crippen molar-refractivity contribution in [1.82, 2.24) is 5.32 Å². The fourth-order valence-corrected chi connectivity index (χ4v) is 2.86. The van der Waals surface area contributed by atoms with Crippen molar-refractivity contribution in [3.8, 4) is 0 Å². The molecule has 0 radical (unpaired) electrons. The molecular formula is C25H47NO8. The van der Waals surface area contributed by atoms with Gasteiger partial charge in [-0.15, -0.1) is 0 Å². The predicted molar refractivity (Wildman–Crippen MR) is 132 cm³/mol. The average Bonchev–Trinajstić information content (AvgIpc) is 2.75. The number of hydrogen-bond acceptors (Lipinski definition) is 5. The van der Waals surface area contributed by atoms with Crippen molar-refractivity contribution >= 4 is 29.6 Å². The molecule has 0 unspecified atom stereocenters. The summed E-state index contributed by atoms with van der Waals surface area (Å²) in [6.45, 7) is 5.03. The van der Waals surface area contributed by atoms with Gasteiger partial charge in [-0.3, -0.25) is 19.2 Å². The molecule has 34 heavy (non-hydrogen) atoms. The van der Waals surface area contributed by atoms with Gasteiger partial charge in [0, 0.05) is 26.8 Å². The molecule has 0 aromatic rings. The van der Waals surface area contributed by atoms with E-state index in [4.69, 9.17) is 20.1 Å². The van der Waals surface area contributed by atoms with Gasteiger partial charge in [0.05, 0.1) is 6.42 Å². The van der Waals surface area contributed by atoms with E-state index < -0.39 is 23.7 Å². The molecule has 0 aliphatic rings. The zero-order valence-corrected chi connectivity index (χ0v) is 21.4. The summed E-state index contributed by atoms with van der Waals surface area (Å²) in [4.78, 5) is 49.5. The Labute approximate surface area is 204 Å². The van der Waals surface area contributed by atoms with E-state index in [1.54, 1.807) is 0 Å². The van der Waals surface area contributed by atoms with Crippen LogP contribution in [0.15, 0.2) is 0 Å². The van der Waals surface area contributed by atoms with Gasteiger partial charge in [-0.05, 0) is 6.42 Å².